The van der Waals surface area contributed by atoms with E-state index in [0.29, 0.717) is 36.7 Å². The number of aliphatic hydroxyl groups excluding tert-OH is 1. The third-order valence-corrected chi connectivity index (χ3v) is 10.7. The summed E-state index contributed by atoms with van der Waals surface area (Å²) in [6.07, 6.45) is 51.3. The third kappa shape index (κ3) is 45.2. The van der Waals surface area contributed by atoms with Crippen molar-refractivity contribution >= 4 is 19.8 Å². The van der Waals surface area contributed by atoms with Crippen molar-refractivity contribution in [1.29, 1.82) is 0 Å². The van der Waals surface area contributed by atoms with Crippen molar-refractivity contribution in [3.05, 3.63) is 85.1 Å². The first-order valence-electron chi connectivity index (χ1n) is 23.9. The summed E-state index contributed by atoms with van der Waals surface area (Å²) in [5.41, 5.74) is 0. The molecule has 0 aromatic rings. The Morgan fingerprint density at radius 1 is 0.565 bits per heavy atom. The number of phosphoric ester groups is 1. The van der Waals surface area contributed by atoms with Crippen LogP contribution >= 0.6 is 7.82 Å². The van der Waals surface area contributed by atoms with Gasteiger partial charge in [-0.1, -0.05) is 150 Å². The van der Waals surface area contributed by atoms with E-state index in [1.54, 1.807) is 0 Å². The van der Waals surface area contributed by atoms with Crippen molar-refractivity contribution in [2.24, 2.45) is 0 Å². The molecule has 0 bridgehead atoms. The van der Waals surface area contributed by atoms with Gasteiger partial charge in [0.05, 0.1) is 33.9 Å². The van der Waals surface area contributed by atoms with Crippen LogP contribution in [0.3, 0.4) is 0 Å². The summed E-state index contributed by atoms with van der Waals surface area (Å²) >= 11 is 0. The van der Waals surface area contributed by atoms with Crippen molar-refractivity contribution in [3.8, 4) is 0 Å². The molecule has 0 aliphatic heterocycles. The van der Waals surface area contributed by atoms with E-state index in [9.17, 15) is 24.2 Å². The molecule has 0 amide bonds. The minimum absolute atomic E-state index is 0.00783. The molecular formula is C51H89NO9P+. The van der Waals surface area contributed by atoms with Gasteiger partial charge in [-0.2, -0.15) is 0 Å². The van der Waals surface area contributed by atoms with Gasteiger partial charge >= 0.3 is 19.8 Å². The highest BCUT2D eigenvalue weighted by Gasteiger charge is 2.27. The molecule has 11 heteroatoms. The Kier molecular flexibility index (Phi) is 40.2. The molecule has 0 aromatic carbocycles. The standard InChI is InChI=1S/C51H88NO9P/c1-6-8-9-10-11-12-13-14-15-16-17-18-19-20-23-26-29-32-35-38-42-50(54)58-46-49(47-60-62(56,57)59-45-44-52(3,4)5)61-51(55)43-39-36-33-30-27-24-21-22-25-28-31-34-37-41-48(53)40-7-2/h12-13,15-16,18-19,21,24-25,28,30,33-34,37,48-49,53H,6-11,14,17,20,22-23,26-27,29,31-32,35-36,38-47H2,1-5H3/p+1/b13-12-,16-15-,19-18-,24-21-,28-25-,33-30-,37-34-/t48?,49-/m1/s1. The third-order valence-electron chi connectivity index (χ3n) is 9.70. The van der Waals surface area contributed by atoms with Gasteiger partial charge in [-0.05, 0) is 89.9 Å². The quantitative estimate of drug-likeness (QED) is 0.0202. The number of rotatable bonds is 42. The van der Waals surface area contributed by atoms with Gasteiger partial charge in [0.2, 0.25) is 0 Å². The molecule has 0 spiro atoms. The number of hydrogen-bond acceptors (Lipinski definition) is 8. The molecule has 10 nitrogen and oxygen atoms in total. The van der Waals surface area contributed by atoms with Gasteiger partial charge < -0.3 is 24.0 Å². The van der Waals surface area contributed by atoms with Crippen LogP contribution in [0.4, 0.5) is 0 Å². The smallest absolute Gasteiger partial charge is 0.462 e. The number of carbonyl (C=O) groups is 2. The predicted octanol–water partition coefficient (Wildman–Crippen LogP) is 12.9. The number of hydrogen-bond donors (Lipinski definition) is 2. The van der Waals surface area contributed by atoms with Gasteiger partial charge in [0, 0.05) is 12.8 Å². The predicted molar refractivity (Wildman–Crippen MR) is 258 cm³/mol. The second-order valence-corrected chi connectivity index (χ2v) is 18.4. The maximum absolute atomic E-state index is 12.7. The molecule has 0 heterocycles. The Morgan fingerprint density at radius 2 is 1.03 bits per heavy atom. The molecule has 0 aromatic heterocycles. The number of carbonyl (C=O) groups excluding carboxylic acids is 2. The molecule has 62 heavy (non-hydrogen) atoms. The summed E-state index contributed by atoms with van der Waals surface area (Å²) in [6, 6.07) is 0. The molecule has 356 valence electrons. The maximum atomic E-state index is 12.7. The Labute approximate surface area is 378 Å². The van der Waals surface area contributed by atoms with E-state index < -0.39 is 32.5 Å². The van der Waals surface area contributed by atoms with E-state index in [-0.39, 0.29) is 32.2 Å². The Morgan fingerprint density at radius 3 is 1.56 bits per heavy atom. The summed E-state index contributed by atoms with van der Waals surface area (Å²) in [7, 11) is 1.40. The monoisotopic (exact) mass is 891 g/mol. The first-order chi connectivity index (χ1) is 29.9. The highest BCUT2D eigenvalue weighted by Crippen LogP contribution is 2.43. The molecule has 0 aliphatic carbocycles. The number of phosphoric acid groups is 1. The van der Waals surface area contributed by atoms with Crippen molar-refractivity contribution in [1.82, 2.24) is 0 Å². The average Bonchev–Trinajstić information content (AvgIpc) is 3.22. The summed E-state index contributed by atoms with van der Waals surface area (Å²) in [4.78, 5) is 35.4. The maximum Gasteiger partial charge on any atom is 0.472 e. The summed E-state index contributed by atoms with van der Waals surface area (Å²) in [5.74, 6) is -0.906. The topological polar surface area (TPSA) is 129 Å². The number of esters is 2. The van der Waals surface area contributed by atoms with Gasteiger partial charge in [-0.3, -0.25) is 18.6 Å². The van der Waals surface area contributed by atoms with Crippen LogP contribution in [0.25, 0.3) is 0 Å². The summed E-state index contributed by atoms with van der Waals surface area (Å²) in [6.45, 7) is 4.10. The van der Waals surface area contributed by atoms with Crippen LogP contribution in [0.1, 0.15) is 168 Å². The number of likely N-dealkylation sites (N-methyl/N-ethyl adjacent to an activating group) is 1. The van der Waals surface area contributed by atoms with Crippen LogP contribution in [-0.2, 0) is 32.7 Å². The van der Waals surface area contributed by atoms with Crippen LogP contribution in [0, 0.1) is 0 Å². The van der Waals surface area contributed by atoms with E-state index >= 15 is 0 Å². The lowest BCUT2D eigenvalue weighted by Gasteiger charge is -2.24. The van der Waals surface area contributed by atoms with Gasteiger partial charge in [-0.15, -0.1) is 0 Å². The first-order valence-corrected chi connectivity index (χ1v) is 25.4. The molecule has 3 atom stereocenters. The number of ether oxygens (including phenoxy) is 2. The molecular weight excluding hydrogens is 802 g/mol. The van der Waals surface area contributed by atoms with Crippen LogP contribution < -0.4 is 0 Å². The molecule has 0 saturated carbocycles. The van der Waals surface area contributed by atoms with E-state index in [2.05, 4.69) is 86.8 Å². The van der Waals surface area contributed by atoms with E-state index in [1.165, 1.54) is 32.1 Å². The normalized spacial score (nSPS) is 14.8. The first kappa shape index (κ1) is 59.1. The lowest BCUT2D eigenvalue weighted by Crippen LogP contribution is -2.37. The molecule has 0 fully saturated rings. The highest BCUT2D eigenvalue weighted by molar-refractivity contribution is 7.47. The summed E-state index contributed by atoms with van der Waals surface area (Å²) in [5, 5.41) is 9.75. The number of allylic oxidation sites excluding steroid dienone is 13. The Balaban J connectivity index is 4.45. The number of aliphatic hydroxyl groups is 1. The summed E-state index contributed by atoms with van der Waals surface area (Å²) < 4.78 is 34.3. The molecule has 0 saturated heterocycles. The van der Waals surface area contributed by atoms with Crippen molar-refractivity contribution < 1.29 is 47.2 Å². The van der Waals surface area contributed by atoms with Crippen LogP contribution in [0.15, 0.2) is 85.1 Å². The fourth-order valence-corrected chi connectivity index (χ4v) is 6.71. The van der Waals surface area contributed by atoms with E-state index in [0.717, 1.165) is 83.5 Å². The molecule has 0 rings (SSSR count). The van der Waals surface area contributed by atoms with Crippen LogP contribution in [-0.4, -0.2) is 86.1 Å². The van der Waals surface area contributed by atoms with Crippen molar-refractivity contribution in [2.45, 2.75) is 180 Å². The fourth-order valence-electron chi connectivity index (χ4n) is 5.97. The fraction of sp³-hybridized carbons (Fsp3) is 0.686. The van der Waals surface area contributed by atoms with Gasteiger partial charge in [0.15, 0.2) is 6.10 Å². The van der Waals surface area contributed by atoms with E-state index in [1.807, 2.05) is 33.3 Å². The van der Waals surface area contributed by atoms with E-state index in [4.69, 9.17) is 18.5 Å². The number of quaternary nitrogens is 1. The Hall–Kier alpha value is -2.85. The second kappa shape index (κ2) is 42.1. The Bertz CT molecular complexity index is 1340. The van der Waals surface area contributed by atoms with Gasteiger partial charge in [0.25, 0.3) is 0 Å². The zero-order valence-corrected chi connectivity index (χ0v) is 40.6. The van der Waals surface area contributed by atoms with Crippen LogP contribution in [0.5, 0.6) is 0 Å². The second-order valence-electron chi connectivity index (χ2n) is 17.0. The minimum Gasteiger partial charge on any atom is -0.462 e. The van der Waals surface area contributed by atoms with Crippen LogP contribution in [0.2, 0.25) is 0 Å². The minimum atomic E-state index is -4.41. The number of nitrogens with zero attached hydrogens (tertiary/aromatic N) is 1. The zero-order chi connectivity index (χ0) is 45.8. The molecule has 2 N–H and O–H groups in total. The van der Waals surface area contributed by atoms with Crippen molar-refractivity contribution in [2.75, 3.05) is 47.5 Å². The molecule has 0 radical (unpaired) electrons. The lowest BCUT2D eigenvalue weighted by atomic mass is 10.1. The molecule has 0 aliphatic rings. The highest BCUT2D eigenvalue weighted by atomic mass is 31.2. The largest absolute Gasteiger partial charge is 0.472 e. The lowest BCUT2D eigenvalue weighted by molar-refractivity contribution is -0.870. The number of unbranched alkanes of at least 4 members (excludes halogenated alkanes) is 11. The molecule has 2 unspecified atom stereocenters. The van der Waals surface area contributed by atoms with Gasteiger partial charge in [0.1, 0.15) is 19.8 Å². The zero-order valence-electron chi connectivity index (χ0n) is 39.7. The van der Waals surface area contributed by atoms with Gasteiger partial charge in [-0.25, -0.2) is 4.57 Å². The SMILES string of the molecule is CCCCCC/C=C\C/C=C\C/C=C\CCCCCCCCC(=O)OC[C@H](COP(=O)(O)OCC[N+](C)(C)C)OC(=O)CCC/C=C\C/C=C\C/C=C\C/C=C\CC(O)CCC. The average molecular weight is 891 g/mol. The van der Waals surface area contributed by atoms with Crippen molar-refractivity contribution in [3.63, 3.8) is 0 Å².